The summed E-state index contributed by atoms with van der Waals surface area (Å²) < 4.78 is 0. The van der Waals surface area contributed by atoms with Crippen molar-refractivity contribution in [2.45, 2.75) is 19.3 Å². The second-order valence-electron chi connectivity index (χ2n) is 5.11. The minimum absolute atomic E-state index is 0.104. The zero-order chi connectivity index (χ0) is 13.7. The summed E-state index contributed by atoms with van der Waals surface area (Å²) in [6.45, 7) is 1.26. The van der Waals surface area contributed by atoms with Crippen molar-refractivity contribution < 1.29 is 9.90 Å². The van der Waals surface area contributed by atoms with E-state index in [2.05, 4.69) is 10.6 Å². The normalized spacial score (nSPS) is 16.1. The molecule has 3 N–H and O–H groups in total. The molecule has 2 rings (SSSR count). The van der Waals surface area contributed by atoms with Crippen LogP contribution in [0.15, 0.2) is 24.3 Å². The Morgan fingerprint density at radius 2 is 2.11 bits per heavy atom. The summed E-state index contributed by atoms with van der Waals surface area (Å²) in [5.41, 5.74) is 0.854. The molecule has 1 fully saturated rings. The van der Waals surface area contributed by atoms with E-state index >= 15 is 0 Å². The zero-order valence-corrected chi connectivity index (χ0v) is 11.5. The van der Waals surface area contributed by atoms with E-state index in [9.17, 15) is 4.79 Å². The molecule has 5 heteroatoms. The van der Waals surface area contributed by atoms with E-state index in [0.29, 0.717) is 10.7 Å². The van der Waals surface area contributed by atoms with Gasteiger partial charge in [-0.2, -0.15) is 0 Å². The summed E-state index contributed by atoms with van der Waals surface area (Å²) >= 11 is 5.96. The molecular weight excluding hydrogens is 264 g/mol. The van der Waals surface area contributed by atoms with Crippen LogP contribution in [0.5, 0.6) is 0 Å². The summed E-state index contributed by atoms with van der Waals surface area (Å²) in [5, 5.41) is 15.4. The maximum Gasteiger partial charge on any atom is 0.238 e. The van der Waals surface area contributed by atoms with Crippen molar-refractivity contribution in [1.29, 1.82) is 0 Å². The SMILES string of the molecule is O=C(CNCC1(CCO)CC1)Nc1ccccc1Cl. The summed E-state index contributed by atoms with van der Waals surface area (Å²) in [7, 11) is 0. The first-order valence-corrected chi connectivity index (χ1v) is 6.89. The molecule has 0 bridgehead atoms. The average molecular weight is 283 g/mol. The average Bonchev–Trinajstić information content (AvgIpc) is 3.13. The lowest BCUT2D eigenvalue weighted by molar-refractivity contribution is -0.115. The first-order chi connectivity index (χ1) is 9.15. The molecule has 0 aromatic heterocycles. The maximum atomic E-state index is 11.7. The van der Waals surface area contributed by atoms with Gasteiger partial charge in [-0.05, 0) is 36.8 Å². The molecule has 1 aliphatic carbocycles. The Labute approximate surface area is 118 Å². The third-order valence-corrected chi connectivity index (χ3v) is 3.86. The number of hydrogen-bond acceptors (Lipinski definition) is 3. The van der Waals surface area contributed by atoms with E-state index < -0.39 is 0 Å². The predicted molar refractivity (Wildman–Crippen MR) is 76.3 cm³/mol. The number of carbonyl (C=O) groups is 1. The second-order valence-corrected chi connectivity index (χ2v) is 5.51. The lowest BCUT2D eigenvalue weighted by Crippen LogP contribution is -2.32. The van der Waals surface area contributed by atoms with Gasteiger partial charge in [0.2, 0.25) is 5.91 Å². The van der Waals surface area contributed by atoms with Crippen LogP contribution >= 0.6 is 11.6 Å². The Kier molecular flexibility index (Phi) is 4.80. The van der Waals surface area contributed by atoms with Gasteiger partial charge in [-0.1, -0.05) is 23.7 Å². The number of aliphatic hydroxyl groups excluding tert-OH is 1. The van der Waals surface area contributed by atoms with E-state index in [4.69, 9.17) is 16.7 Å². The lowest BCUT2D eigenvalue weighted by Gasteiger charge is -2.14. The van der Waals surface area contributed by atoms with Gasteiger partial charge in [-0.25, -0.2) is 0 Å². The largest absolute Gasteiger partial charge is 0.396 e. The molecule has 0 unspecified atom stereocenters. The van der Waals surface area contributed by atoms with Crippen molar-refractivity contribution in [1.82, 2.24) is 5.32 Å². The van der Waals surface area contributed by atoms with Crippen LogP contribution in [0, 0.1) is 5.41 Å². The van der Waals surface area contributed by atoms with E-state index in [-0.39, 0.29) is 24.5 Å². The van der Waals surface area contributed by atoms with E-state index in [1.54, 1.807) is 12.1 Å². The number of rotatable bonds is 7. The van der Waals surface area contributed by atoms with Crippen LogP contribution in [0.4, 0.5) is 5.69 Å². The highest BCUT2D eigenvalue weighted by Crippen LogP contribution is 2.47. The molecule has 0 heterocycles. The molecular formula is C14H19ClN2O2. The Hall–Kier alpha value is -1.10. The van der Waals surface area contributed by atoms with Crippen LogP contribution in [0.3, 0.4) is 0 Å². The quantitative estimate of drug-likeness (QED) is 0.717. The minimum Gasteiger partial charge on any atom is -0.396 e. The van der Waals surface area contributed by atoms with Gasteiger partial charge >= 0.3 is 0 Å². The number of nitrogens with one attached hydrogen (secondary N) is 2. The van der Waals surface area contributed by atoms with Gasteiger partial charge in [0.15, 0.2) is 0 Å². The monoisotopic (exact) mass is 282 g/mol. The first-order valence-electron chi connectivity index (χ1n) is 6.51. The van der Waals surface area contributed by atoms with Gasteiger partial charge in [0.1, 0.15) is 0 Å². The molecule has 0 atom stereocenters. The highest BCUT2D eigenvalue weighted by molar-refractivity contribution is 6.33. The number of aliphatic hydroxyl groups is 1. The number of benzene rings is 1. The fourth-order valence-electron chi connectivity index (χ4n) is 2.13. The number of halogens is 1. The van der Waals surface area contributed by atoms with Gasteiger partial charge in [0.25, 0.3) is 0 Å². The highest BCUT2D eigenvalue weighted by atomic mass is 35.5. The Morgan fingerprint density at radius 3 is 2.74 bits per heavy atom. The topological polar surface area (TPSA) is 61.4 Å². The molecule has 1 aromatic rings. The first kappa shape index (κ1) is 14.3. The van der Waals surface area contributed by atoms with Crippen molar-refractivity contribution in [3.8, 4) is 0 Å². The molecule has 0 saturated heterocycles. The fraction of sp³-hybridized carbons (Fsp3) is 0.500. The summed E-state index contributed by atoms with van der Waals surface area (Å²) in [6.07, 6.45) is 3.07. The molecule has 0 spiro atoms. The molecule has 0 radical (unpaired) electrons. The third kappa shape index (κ3) is 4.20. The fourth-order valence-corrected chi connectivity index (χ4v) is 2.31. The molecule has 104 valence electrons. The molecule has 1 saturated carbocycles. The van der Waals surface area contributed by atoms with Gasteiger partial charge in [0.05, 0.1) is 17.3 Å². The molecule has 1 aromatic carbocycles. The molecule has 1 aliphatic rings. The van der Waals surface area contributed by atoms with Crippen molar-refractivity contribution in [3.63, 3.8) is 0 Å². The van der Waals surface area contributed by atoms with Crippen LogP contribution in [0.2, 0.25) is 5.02 Å². The van der Waals surface area contributed by atoms with Crippen LogP contribution in [0.25, 0.3) is 0 Å². The molecule has 19 heavy (non-hydrogen) atoms. The number of para-hydroxylation sites is 1. The van der Waals surface area contributed by atoms with Crippen LogP contribution in [0.1, 0.15) is 19.3 Å². The van der Waals surface area contributed by atoms with E-state index in [0.717, 1.165) is 25.8 Å². The van der Waals surface area contributed by atoms with Crippen molar-refractivity contribution >= 4 is 23.2 Å². The summed E-state index contributed by atoms with van der Waals surface area (Å²) in [4.78, 5) is 11.7. The molecule has 4 nitrogen and oxygen atoms in total. The van der Waals surface area contributed by atoms with E-state index in [1.807, 2.05) is 12.1 Å². The number of hydrogen-bond donors (Lipinski definition) is 3. The number of amides is 1. The zero-order valence-electron chi connectivity index (χ0n) is 10.8. The van der Waals surface area contributed by atoms with Gasteiger partial charge in [-0.3, -0.25) is 4.79 Å². The summed E-state index contributed by atoms with van der Waals surface area (Å²) in [5.74, 6) is -0.104. The van der Waals surface area contributed by atoms with Crippen LogP contribution in [-0.4, -0.2) is 30.7 Å². The van der Waals surface area contributed by atoms with Crippen molar-refractivity contribution in [3.05, 3.63) is 29.3 Å². The number of carbonyl (C=O) groups excluding carboxylic acids is 1. The number of anilines is 1. The van der Waals surface area contributed by atoms with Gasteiger partial charge < -0.3 is 15.7 Å². The Balaban J connectivity index is 1.72. The van der Waals surface area contributed by atoms with Gasteiger partial charge in [0, 0.05) is 13.2 Å². The Morgan fingerprint density at radius 1 is 1.37 bits per heavy atom. The lowest BCUT2D eigenvalue weighted by atomic mass is 10.0. The third-order valence-electron chi connectivity index (χ3n) is 3.53. The van der Waals surface area contributed by atoms with Crippen molar-refractivity contribution in [2.75, 3.05) is 25.0 Å². The smallest absolute Gasteiger partial charge is 0.238 e. The van der Waals surface area contributed by atoms with Crippen LogP contribution in [-0.2, 0) is 4.79 Å². The maximum absolute atomic E-state index is 11.7. The van der Waals surface area contributed by atoms with Crippen LogP contribution < -0.4 is 10.6 Å². The van der Waals surface area contributed by atoms with Crippen molar-refractivity contribution in [2.24, 2.45) is 5.41 Å². The highest BCUT2D eigenvalue weighted by Gasteiger charge is 2.41. The molecule has 1 amide bonds. The predicted octanol–water partition coefficient (Wildman–Crippen LogP) is 2.03. The van der Waals surface area contributed by atoms with Gasteiger partial charge in [-0.15, -0.1) is 0 Å². The van der Waals surface area contributed by atoms with E-state index in [1.165, 1.54) is 0 Å². The standard InChI is InChI=1S/C14H19ClN2O2/c15-11-3-1-2-4-12(11)17-13(19)9-16-10-14(5-6-14)7-8-18/h1-4,16,18H,5-10H2,(H,17,19). The minimum atomic E-state index is -0.104. The summed E-state index contributed by atoms with van der Waals surface area (Å²) in [6, 6.07) is 7.16. The Bertz CT molecular complexity index is 447. The second kappa shape index (κ2) is 6.37. The molecule has 0 aliphatic heterocycles.